The molecular formula is C20H22F2N4O5. The van der Waals surface area contributed by atoms with Crippen LogP contribution in [0.5, 0.6) is 0 Å². The monoisotopic (exact) mass is 436 g/mol. The van der Waals surface area contributed by atoms with Gasteiger partial charge in [-0.1, -0.05) is 0 Å². The second kappa shape index (κ2) is 9.65. The first kappa shape index (κ1) is 22.3. The molecule has 2 atom stereocenters. The summed E-state index contributed by atoms with van der Waals surface area (Å²) in [4.78, 5) is 50.9. The Labute approximate surface area is 175 Å². The molecule has 3 rings (SSSR count). The molecule has 5 N–H and O–H groups in total. The molecule has 1 aromatic heterocycles. The first-order valence-electron chi connectivity index (χ1n) is 9.75. The van der Waals surface area contributed by atoms with Crippen LogP contribution in [0.2, 0.25) is 0 Å². The zero-order valence-electron chi connectivity index (χ0n) is 16.5. The lowest BCUT2D eigenvalue weighted by molar-refractivity contribution is -0.131. The number of H-pyrrole nitrogens is 1. The minimum atomic E-state index is -1.08. The molecule has 1 fully saturated rings. The second-order valence-corrected chi connectivity index (χ2v) is 7.33. The molecule has 1 aliphatic heterocycles. The van der Waals surface area contributed by atoms with Crippen molar-refractivity contribution in [3.05, 3.63) is 35.5 Å². The molecule has 0 aliphatic carbocycles. The van der Waals surface area contributed by atoms with Crippen LogP contribution in [0.1, 0.15) is 29.8 Å². The van der Waals surface area contributed by atoms with E-state index in [-0.39, 0.29) is 28.9 Å². The van der Waals surface area contributed by atoms with Crippen molar-refractivity contribution in [2.24, 2.45) is 5.92 Å². The summed E-state index contributed by atoms with van der Waals surface area (Å²) in [6, 6.07) is 1.91. The van der Waals surface area contributed by atoms with Crippen molar-refractivity contribution in [2.45, 2.75) is 25.3 Å². The van der Waals surface area contributed by atoms with Crippen LogP contribution in [0.15, 0.2) is 18.2 Å². The molecule has 3 amide bonds. The van der Waals surface area contributed by atoms with Gasteiger partial charge in [0, 0.05) is 23.9 Å². The Hall–Kier alpha value is -3.34. The Morgan fingerprint density at radius 2 is 2.00 bits per heavy atom. The quantitative estimate of drug-likeness (QED) is 0.400. The van der Waals surface area contributed by atoms with Crippen LogP contribution in [0.25, 0.3) is 10.9 Å². The minimum absolute atomic E-state index is 0.0395. The topological polar surface area (TPSA) is 140 Å². The third-order valence-corrected chi connectivity index (χ3v) is 5.10. The van der Waals surface area contributed by atoms with Crippen LogP contribution in [-0.2, 0) is 14.4 Å². The van der Waals surface area contributed by atoms with Crippen LogP contribution >= 0.6 is 0 Å². The van der Waals surface area contributed by atoms with E-state index in [1.165, 1.54) is 6.07 Å². The zero-order valence-corrected chi connectivity index (χ0v) is 16.5. The average molecular weight is 436 g/mol. The predicted octanol–water partition coefficient (Wildman–Crippen LogP) is 0.138. The zero-order chi connectivity index (χ0) is 22.5. The van der Waals surface area contributed by atoms with E-state index in [4.69, 9.17) is 5.11 Å². The number of hydrogen-bond donors (Lipinski definition) is 5. The fourth-order valence-electron chi connectivity index (χ4n) is 3.51. The highest BCUT2D eigenvalue weighted by atomic mass is 19.1. The largest absolute Gasteiger partial charge is 0.389 e. The predicted molar refractivity (Wildman–Crippen MR) is 105 cm³/mol. The highest BCUT2D eigenvalue weighted by molar-refractivity contribution is 6.00. The lowest BCUT2D eigenvalue weighted by Crippen LogP contribution is -2.49. The Kier molecular flexibility index (Phi) is 6.95. The number of aliphatic hydroxyl groups is 1. The Morgan fingerprint density at radius 3 is 2.71 bits per heavy atom. The van der Waals surface area contributed by atoms with Crippen molar-refractivity contribution < 1.29 is 33.1 Å². The number of carbonyl (C=O) groups excluding carboxylic acids is 4. The summed E-state index contributed by atoms with van der Waals surface area (Å²) in [5, 5.41) is 16.7. The first-order chi connectivity index (χ1) is 14.8. The van der Waals surface area contributed by atoms with Gasteiger partial charge in [0.1, 0.15) is 23.9 Å². The molecule has 0 unspecified atom stereocenters. The highest BCUT2D eigenvalue weighted by Gasteiger charge is 2.29. The van der Waals surface area contributed by atoms with E-state index in [0.717, 1.165) is 12.5 Å². The number of aliphatic hydroxyl groups excluding tert-OH is 1. The van der Waals surface area contributed by atoms with E-state index in [2.05, 4.69) is 20.9 Å². The van der Waals surface area contributed by atoms with Gasteiger partial charge in [-0.05, 0) is 31.4 Å². The molecule has 0 saturated carbocycles. The van der Waals surface area contributed by atoms with E-state index < -0.39 is 54.3 Å². The fourth-order valence-corrected chi connectivity index (χ4v) is 3.51. The molecular weight excluding hydrogens is 414 g/mol. The molecule has 1 aliphatic rings. The maximum absolute atomic E-state index is 13.8. The summed E-state index contributed by atoms with van der Waals surface area (Å²) < 4.78 is 27.1. The number of amides is 3. The number of benzene rings is 1. The number of aromatic amines is 1. The molecule has 11 heteroatoms. The van der Waals surface area contributed by atoms with Gasteiger partial charge in [0.05, 0.1) is 18.1 Å². The molecule has 1 aromatic carbocycles. The van der Waals surface area contributed by atoms with E-state index in [9.17, 15) is 28.0 Å². The highest BCUT2D eigenvalue weighted by Crippen LogP contribution is 2.20. The van der Waals surface area contributed by atoms with Crippen LogP contribution in [0, 0.1) is 17.6 Å². The normalized spacial score (nSPS) is 17.1. The van der Waals surface area contributed by atoms with Crippen molar-refractivity contribution in [1.82, 2.24) is 20.9 Å². The third kappa shape index (κ3) is 5.43. The number of fused-ring (bicyclic) bond motifs is 1. The minimum Gasteiger partial charge on any atom is -0.389 e. The van der Waals surface area contributed by atoms with E-state index in [1.54, 1.807) is 0 Å². The molecule has 0 bridgehead atoms. The second-order valence-electron chi connectivity index (χ2n) is 7.33. The van der Waals surface area contributed by atoms with Crippen LogP contribution in [0.4, 0.5) is 8.78 Å². The van der Waals surface area contributed by atoms with Gasteiger partial charge in [0.15, 0.2) is 5.78 Å². The summed E-state index contributed by atoms with van der Waals surface area (Å²) in [6.07, 6.45) is 1.35. The third-order valence-electron chi connectivity index (χ3n) is 5.10. The first-order valence-corrected chi connectivity index (χ1v) is 9.75. The van der Waals surface area contributed by atoms with Gasteiger partial charge in [0.25, 0.3) is 5.91 Å². The molecule has 9 nitrogen and oxygen atoms in total. The number of piperidine rings is 1. The van der Waals surface area contributed by atoms with Crippen LogP contribution in [-0.4, -0.2) is 59.3 Å². The summed E-state index contributed by atoms with van der Waals surface area (Å²) in [5.74, 6) is -4.41. The molecule has 2 aromatic rings. The van der Waals surface area contributed by atoms with Crippen molar-refractivity contribution in [1.29, 1.82) is 0 Å². The number of carbonyl (C=O) groups is 4. The summed E-state index contributed by atoms with van der Waals surface area (Å²) in [7, 11) is 0. The molecule has 1 saturated heterocycles. The maximum atomic E-state index is 13.8. The molecule has 0 radical (unpaired) electrons. The smallest absolute Gasteiger partial charge is 0.268 e. The van der Waals surface area contributed by atoms with Crippen molar-refractivity contribution >= 4 is 34.4 Å². The molecule has 2 heterocycles. The van der Waals surface area contributed by atoms with Crippen LogP contribution < -0.4 is 16.0 Å². The van der Waals surface area contributed by atoms with Gasteiger partial charge in [-0.15, -0.1) is 0 Å². The van der Waals surface area contributed by atoms with Gasteiger partial charge in [-0.3, -0.25) is 19.2 Å². The molecule has 0 spiro atoms. The van der Waals surface area contributed by atoms with Crippen LogP contribution in [0.3, 0.4) is 0 Å². The average Bonchev–Trinajstić information content (AvgIpc) is 3.17. The number of hydrogen-bond acceptors (Lipinski definition) is 5. The van der Waals surface area contributed by atoms with Crippen molar-refractivity contribution in [3.8, 4) is 0 Å². The molecule has 166 valence electrons. The van der Waals surface area contributed by atoms with Gasteiger partial charge >= 0.3 is 0 Å². The van der Waals surface area contributed by atoms with Crippen molar-refractivity contribution in [2.75, 3.05) is 19.7 Å². The number of Topliss-reactive ketones (excluding diaryl/α,β-unsaturated/α-hetero) is 1. The summed E-state index contributed by atoms with van der Waals surface area (Å²) in [5.41, 5.74) is -0.121. The van der Waals surface area contributed by atoms with E-state index in [0.29, 0.717) is 19.0 Å². The Bertz CT molecular complexity index is 1020. The number of halogens is 2. The van der Waals surface area contributed by atoms with E-state index in [1.807, 2.05) is 0 Å². The Balaban J connectivity index is 1.59. The van der Waals surface area contributed by atoms with Gasteiger partial charge in [-0.2, -0.15) is 0 Å². The number of aromatic nitrogens is 1. The number of nitrogens with one attached hydrogen (secondary N) is 4. The molecule has 31 heavy (non-hydrogen) atoms. The summed E-state index contributed by atoms with van der Waals surface area (Å²) in [6.45, 7) is -0.753. The number of ketones is 1. The lowest BCUT2D eigenvalue weighted by atomic mass is 9.90. The standard InChI is InChI=1S/C20H22F2N4O5/c21-12-4-11-6-15(26-18(11)13(22)7-12)20(31)24-8-17(29)25-14(16(28)9-27)5-10-2-1-3-23-19(10)30/h4,6-7,10,14,26-27H,1-3,5,8-9H2,(H,23,30)(H,24,31)(H,25,29)/t10-,14-/m0/s1. The van der Waals surface area contributed by atoms with Gasteiger partial charge < -0.3 is 26.0 Å². The number of rotatable bonds is 8. The maximum Gasteiger partial charge on any atom is 0.268 e. The lowest BCUT2D eigenvalue weighted by Gasteiger charge is -2.26. The SMILES string of the molecule is O=C(CNC(=O)c1cc2cc(F)cc(F)c2[nH]1)N[C@@H](C[C@@H]1CCCNC1=O)C(=O)CO. The Morgan fingerprint density at radius 1 is 1.23 bits per heavy atom. The fraction of sp³-hybridized carbons (Fsp3) is 0.400. The van der Waals surface area contributed by atoms with E-state index >= 15 is 0 Å². The van der Waals surface area contributed by atoms with Gasteiger partial charge in [0.2, 0.25) is 11.8 Å². The van der Waals surface area contributed by atoms with Gasteiger partial charge in [-0.25, -0.2) is 8.78 Å². The van der Waals surface area contributed by atoms with Crippen molar-refractivity contribution in [3.63, 3.8) is 0 Å². The summed E-state index contributed by atoms with van der Waals surface area (Å²) >= 11 is 0.